The summed E-state index contributed by atoms with van der Waals surface area (Å²) in [6, 6.07) is 18.9. The summed E-state index contributed by atoms with van der Waals surface area (Å²) in [5.74, 6) is -1.49. The van der Waals surface area contributed by atoms with Gasteiger partial charge >= 0.3 is 11.9 Å². The maximum absolute atomic E-state index is 12.2. The van der Waals surface area contributed by atoms with Gasteiger partial charge in [-0.3, -0.25) is 0 Å². The molecule has 128 valence electrons. The maximum atomic E-state index is 12.2. The van der Waals surface area contributed by atoms with E-state index in [9.17, 15) is 9.59 Å². The summed E-state index contributed by atoms with van der Waals surface area (Å²) in [5.41, 5.74) is 4.98. The second-order valence-electron chi connectivity index (χ2n) is 5.05. The van der Waals surface area contributed by atoms with Crippen molar-refractivity contribution >= 4 is 17.5 Å². The first-order valence-electron chi connectivity index (χ1n) is 8.13. The number of hydrogen-bond acceptors (Lipinski definition) is 4. The third kappa shape index (κ3) is 4.93. The molecule has 0 amide bonds. The predicted octanol–water partition coefficient (Wildman–Crippen LogP) is 3.77. The fraction of sp³-hybridized carbons (Fsp3) is 0.190. The molecule has 0 aliphatic heterocycles. The smallest absolute Gasteiger partial charge is 0.353 e. The molecular weight excluding hydrogens is 316 g/mol. The Kier molecular flexibility index (Phi) is 6.76. The molecular formula is C21H20O4. The molecule has 0 heterocycles. The summed E-state index contributed by atoms with van der Waals surface area (Å²) in [5, 5.41) is 0. The van der Waals surface area contributed by atoms with Crippen molar-refractivity contribution in [3.63, 3.8) is 0 Å². The van der Waals surface area contributed by atoms with E-state index in [2.05, 4.69) is 5.73 Å². The molecule has 0 aliphatic rings. The third-order valence-corrected chi connectivity index (χ3v) is 3.33. The topological polar surface area (TPSA) is 52.6 Å². The molecule has 0 aromatic heterocycles. The Hall–Kier alpha value is -3.10. The summed E-state index contributed by atoms with van der Waals surface area (Å²) in [7, 11) is 0. The van der Waals surface area contributed by atoms with E-state index in [1.54, 1.807) is 13.8 Å². The number of ether oxygens (including phenoxy) is 2. The largest absolute Gasteiger partial charge is 0.462 e. The van der Waals surface area contributed by atoms with E-state index in [0.717, 1.165) is 11.1 Å². The number of benzene rings is 2. The molecule has 2 aromatic rings. The second-order valence-corrected chi connectivity index (χ2v) is 5.05. The molecule has 0 N–H and O–H groups in total. The van der Waals surface area contributed by atoms with Crippen LogP contribution < -0.4 is 0 Å². The lowest BCUT2D eigenvalue weighted by molar-refractivity contribution is -0.146. The number of carbonyl (C=O) groups excluding carboxylic acids is 2. The van der Waals surface area contributed by atoms with Crippen LogP contribution in [0.5, 0.6) is 0 Å². The molecule has 0 spiro atoms. The maximum Gasteiger partial charge on any atom is 0.353 e. The van der Waals surface area contributed by atoms with Crippen LogP contribution in [-0.2, 0) is 19.1 Å². The van der Waals surface area contributed by atoms with Gasteiger partial charge < -0.3 is 9.47 Å². The number of hydrogen-bond donors (Lipinski definition) is 0. The average Bonchev–Trinajstić information content (AvgIpc) is 2.64. The van der Waals surface area contributed by atoms with E-state index in [-0.39, 0.29) is 18.8 Å². The van der Waals surface area contributed by atoms with Crippen LogP contribution in [-0.4, -0.2) is 25.2 Å². The fourth-order valence-corrected chi connectivity index (χ4v) is 2.24. The Bertz CT molecular complexity index is 724. The van der Waals surface area contributed by atoms with Crippen LogP contribution in [0.2, 0.25) is 0 Å². The Morgan fingerprint density at radius 3 is 1.52 bits per heavy atom. The van der Waals surface area contributed by atoms with Gasteiger partial charge in [0.15, 0.2) is 5.57 Å². The van der Waals surface area contributed by atoms with Gasteiger partial charge in [0.1, 0.15) is 0 Å². The minimum Gasteiger partial charge on any atom is -0.462 e. The zero-order valence-electron chi connectivity index (χ0n) is 14.3. The summed E-state index contributed by atoms with van der Waals surface area (Å²) in [6.45, 7) is 3.68. The molecule has 0 fully saturated rings. The Balaban J connectivity index is 2.71. The molecule has 4 heteroatoms. The van der Waals surface area contributed by atoms with Crippen molar-refractivity contribution in [1.29, 1.82) is 0 Å². The van der Waals surface area contributed by atoms with E-state index < -0.39 is 11.9 Å². The summed E-state index contributed by atoms with van der Waals surface area (Å²) in [6.07, 6.45) is 0. The minimum absolute atomic E-state index is 0.162. The van der Waals surface area contributed by atoms with Crippen LogP contribution in [0.3, 0.4) is 0 Å². The highest BCUT2D eigenvalue weighted by Crippen LogP contribution is 2.23. The first-order chi connectivity index (χ1) is 12.2. The van der Waals surface area contributed by atoms with Crippen LogP contribution in [0.15, 0.2) is 72.0 Å². The molecule has 0 saturated carbocycles. The van der Waals surface area contributed by atoms with Crippen molar-refractivity contribution in [3.8, 4) is 0 Å². The molecule has 4 nitrogen and oxygen atoms in total. The summed E-state index contributed by atoms with van der Waals surface area (Å²) >= 11 is 0. The first kappa shape index (κ1) is 18.2. The zero-order chi connectivity index (χ0) is 18.1. The first-order valence-corrected chi connectivity index (χ1v) is 8.13. The molecule has 0 radical (unpaired) electrons. The van der Waals surface area contributed by atoms with Gasteiger partial charge in [-0.2, -0.15) is 0 Å². The summed E-state index contributed by atoms with van der Waals surface area (Å²) < 4.78 is 9.98. The van der Waals surface area contributed by atoms with Crippen molar-refractivity contribution in [2.45, 2.75) is 13.8 Å². The molecule has 25 heavy (non-hydrogen) atoms. The molecule has 0 saturated heterocycles. The Labute approximate surface area is 147 Å². The van der Waals surface area contributed by atoms with Crippen LogP contribution >= 0.6 is 0 Å². The van der Waals surface area contributed by atoms with Crippen molar-refractivity contribution < 1.29 is 19.1 Å². The second kappa shape index (κ2) is 9.26. The van der Waals surface area contributed by atoms with E-state index >= 15 is 0 Å². The molecule has 2 aromatic carbocycles. The van der Waals surface area contributed by atoms with Gasteiger partial charge in [0.05, 0.1) is 13.2 Å². The highest BCUT2D eigenvalue weighted by Gasteiger charge is 2.21. The van der Waals surface area contributed by atoms with Gasteiger partial charge in [-0.25, -0.2) is 9.59 Å². The van der Waals surface area contributed by atoms with Crippen LogP contribution in [0, 0.1) is 0 Å². The Morgan fingerprint density at radius 1 is 0.760 bits per heavy atom. The lowest BCUT2D eigenvalue weighted by atomic mass is 9.98. The average molecular weight is 336 g/mol. The molecule has 0 unspecified atom stereocenters. The van der Waals surface area contributed by atoms with Crippen molar-refractivity contribution in [2.75, 3.05) is 13.2 Å². The normalized spacial score (nSPS) is 9.68. The van der Waals surface area contributed by atoms with E-state index in [1.165, 1.54) is 0 Å². The zero-order valence-corrected chi connectivity index (χ0v) is 14.3. The van der Waals surface area contributed by atoms with Crippen LogP contribution in [0.4, 0.5) is 0 Å². The SMILES string of the molecule is CCOC(=O)C(=C=C(c1ccccc1)c1ccccc1)C(=O)OCC. The van der Waals surface area contributed by atoms with Crippen molar-refractivity contribution in [1.82, 2.24) is 0 Å². The monoisotopic (exact) mass is 336 g/mol. The fourth-order valence-electron chi connectivity index (χ4n) is 2.24. The third-order valence-electron chi connectivity index (χ3n) is 3.33. The quantitative estimate of drug-likeness (QED) is 0.265. The standard InChI is InChI=1S/C21H20O4/c1-3-24-20(22)19(21(23)25-4-2)15-18(16-11-7-5-8-12-16)17-13-9-6-10-14-17/h5-14H,3-4H2,1-2H3. The molecule has 2 rings (SSSR count). The Morgan fingerprint density at radius 2 is 1.16 bits per heavy atom. The van der Waals surface area contributed by atoms with E-state index in [0.29, 0.717) is 5.57 Å². The summed E-state index contributed by atoms with van der Waals surface area (Å²) in [4.78, 5) is 24.4. The number of rotatable bonds is 6. The lowest BCUT2D eigenvalue weighted by Crippen LogP contribution is -2.18. The minimum atomic E-state index is -0.745. The molecule has 0 atom stereocenters. The van der Waals surface area contributed by atoms with Crippen molar-refractivity contribution in [2.24, 2.45) is 0 Å². The van der Waals surface area contributed by atoms with Gasteiger partial charge in [-0.15, -0.1) is 0 Å². The van der Waals surface area contributed by atoms with Crippen LogP contribution in [0.1, 0.15) is 25.0 Å². The van der Waals surface area contributed by atoms with Crippen LogP contribution in [0.25, 0.3) is 5.57 Å². The van der Waals surface area contributed by atoms with Gasteiger partial charge in [0.25, 0.3) is 0 Å². The van der Waals surface area contributed by atoms with Gasteiger partial charge in [-0.05, 0) is 25.0 Å². The van der Waals surface area contributed by atoms with Gasteiger partial charge in [0, 0.05) is 5.57 Å². The highest BCUT2D eigenvalue weighted by molar-refractivity contribution is 6.14. The lowest BCUT2D eigenvalue weighted by Gasteiger charge is -2.08. The van der Waals surface area contributed by atoms with Crippen molar-refractivity contribution in [3.05, 3.63) is 83.1 Å². The van der Waals surface area contributed by atoms with Gasteiger partial charge in [0.2, 0.25) is 0 Å². The number of esters is 2. The van der Waals surface area contributed by atoms with E-state index in [1.807, 2.05) is 60.7 Å². The predicted molar refractivity (Wildman–Crippen MR) is 95.7 cm³/mol. The molecule has 0 bridgehead atoms. The number of carbonyl (C=O) groups is 2. The van der Waals surface area contributed by atoms with Gasteiger partial charge in [-0.1, -0.05) is 66.4 Å². The highest BCUT2D eigenvalue weighted by atomic mass is 16.6. The van der Waals surface area contributed by atoms with E-state index in [4.69, 9.17) is 9.47 Å². The molecule has 0 aliphatic carbocycles.